The second kappa shape index (κ2) is 7.26. The molecule has 0 bridgehead atoms. The average Bonchev–Trinajstić information content (AvgIpc) is 2.95. The monoisotopic (exact) mass is 319 g/mol. The average molecular weight is 319 g/mol. The van der Waals surface area contributed by atoms with Crippen molar-refractivity contribution in [3.8, 4) is 5.75 Å². The maximum Gasteiger partial charge on any atom is 0.306 e. The van der Waals surface area contributed by atoms with E-state index in [9.17, 15) is 14.4 Å². The summed E-state index contributed by atoms with van der Waals surface area (Å²) >= 11 is 0. The Morgan fingerprint density at radius 2 is 2.04 bits per heavy atom. The van der Waals surface area contributed by atoms with E-state index >= 15 is 0 Å². The van der Waals surface area contributed by atoms with Crippen LogP contribution in [0.25, 0.3) is 0 Å². The number of hydrogen-bond donors (Lipinski definition) is 2. The molecule has 2 rings (SSSR count). The van der Waals surface area contributed by atoms with Crippen molar-refractivity contribution in [2.75, 3.05) is 7.11 Å². The number of amides is 1. The molecule has 0 radical (unpaired) electrons. The number of Topliss-reactive ketones (excluding diaryl/α,β-unsaturated/α-hetero) is 1. The van der Waals surface area contributed by atoms with E-state index in [1.165, 1.54) is 14.0 Å². The first-order valence-corrected chi connectivity index (χ1v) is 7.60. The van der Waals surface area contributed by atoms with Crippen LogP contribution in [0.5, 0.6) is 5.75 Å². The van der Waals surface area contributed by atoms with E-state index < -0.39 is 5.97 Å². The van der Waals surface area contributed by atoms with Crippen LogP contribution in [0.3, 0.4) is 0 Å². The number of aliphatic carboxylic acids is 1. The van der Waals surface area contributed by atoms with Gasteiger partial charge in [0.2, 0.25) is 5.91 Å². The SMILES string of the molecule is COc1ccc(C(C)=O)cc1CC(=O)N[C@H]1CC[C@@H](C(=O)O)C1. The van der Waals surface area contributed by atoms with Crippen molar-refractivity contribution in [3.05, 3.63) is 29.3 Å². The van der Waals surface area contributed by atoms with Gasteiger partial charge in [0.1, 0.15) is 5.75 Å². The molecule has 0 heterocycles. The van der Waals surface area contributed by atoms with Gasteiger partial charge in [-0.2, -0.15) is 0 Å². The fourth-order valence-corrected chi connectivity index (χ4v) is 2.92. The molecule has 2 N–H and O–H groups in total. The van der Waals surface area contributed by atoms with Crippen LogP contribution in [0, 0.1) is 5.92 Å². The van der Waals surface area contributed by atoms with E-state index in [1.54, 1.807) is 18.2 Å². The standard InChI is InChI=1S/C17H21NO5/c1-10(19)11-4-6-15(23-2)13(7-11)9-16(20)18-14-5-3-12(8-14)17(21)22/h4,6-7,12,14H,3,5,8-9H2,1-2H3,(H,18,20)(H,21,22)/t12-,14+/m1/s1. The zero-order chi connectivity index (χ0) is 17.0. The Morgan fingerprint density at radius 1 is 1.30 bits per heavy atom. The minimum Gasteiger partial charge on any atom is -0.496 e. The summed E-state index contributed by atoms with van der Waals surface area (Å²) in [6, 6.07) is 4.90. The Kier molecular flexibility index (Phi) is 5.36. The van der Waals surface area contributed by atoms with Gasteiger partial charge in [-0.25, -0.2) is 0 Å². The van der Waals surface area contributed by atoms with E-state index in [0.29, 0.717) is 36.1 Å². The molecule has 0 unspecified atom stereocenters. The van der Waals surface area contributed by atoms with Crippen LogP contribution >= 0.6 is 0 Å². The van der Waals surface area contributed by atoms with Crippen molar-refractivity contribution in [2.24, 2.45) is 5.92 Å². The van der Waals surface area contributed by atoms with Gasteiger partial charge in [-0.05, 0) is 44.4 Å². The van der Waals surface area contributed by atoms with Gasteiger partial charge >= 0.3 is 5.97 Å². The van der Waals surface area contributed by atoms with Gasteiger partial charge in [0.15, 0.2) is 5.78 Å². The molecule has 1 aromatic carbocycles. The normalized spacial score (nSPS) is 20.1. The van der Waals surface area contributed by atoms with Gasteiger partial charge in [-0.3, -0.25) is 14.4 Å². The summed E-state index contributed by atoms with van der Waals surface area (Å²) in [4.78, 5) is 34.6. The van der Waals surface area contributed by atoms with Crippen LogP contribution in [0.1, 0.15) is 42.1 Å². The summed E-state index contributed by atoms with van der Waals surface area (Å²) in [5, 5.41) is 11.9. The molecule has 1 aromatic rings. The number of carbonyl (C=O) groups excluding carboxylic acids is 2. The highest BCUT2D eigenvalue weighted by Crippen LogP contribution is 2.26. The number of hydrogen-bond acceptors (Lipinski definition) is 4. The molecule has 23 heavy (non-hydrogen) atoms. The Balaban J connectivity index is 2.01. The van der Waals surface area contributed by atoms with Crippen molar-refractivity contribution >= 4 is 17.7 Å². The predicted octanol–water partition coefficient (Wildman–Crippen LogP) is 1.81. The van der Waals surface area contributed by atoms with Crippen molar-refractivity contribution in [2.45, 2.75) is 38.6 Å². The van der Waals surface area contributed by atoms with E-state index in [2.05, 4.69) is 5.32 Å². The largest absolute Gasteiger partial charge is 0.496 e. The van der Waals surface area contributed by atoms with E-state index in [1.807, 2.05) is 0 Å². The molecular formula is C17H21NO5. The van der Waals surface area contributed by atoms with Crippen molar-refractivity contribution in [1.82, 2.24) is 5.32 Å². The molecule has 1 saturated carbocycles. The number of ether oxygens (including phenoxy) is 1. The van der Waals surface area contributed by atoms with Crippen LogP contribution in [-0.4, -0.2) is 35.9 Å². The van der Waals surface area contributed by atoms with Gasteiger partial charge in [-0.15, -0.1) is 0 Å². The van der Waals surface area contributed by atoms with Crippen LogP contribution in [0.2, 0.25) is 0 Å². The summed E-state index contributed by atoms with van der Waals surface area (Å²) in [7, 11) is 1.51. The lowest BCUT2D eigenvalue weighted by Crippen LogP contribution is -2.34. The van der Waals surface area contributed by atoms with Crippen LogP contribution in [0.15, 0.2) is 18.2 Å². The Morgan fingerprint density at radius 3 is 2.61 bits per heavy atom. The molecule has 1 amide bonds. The number of carbonyl (C=O) groups is 3. The van der Waals surface area contributed by atoms with E-state index in [0.717, 1.165) is 0 Å². The molecule has 0 aliphatic heterocycles. The third-order valence-electron chi connectivity index (χ3n) is 4.18. The zero-order valence-corrected chi connectivity index (χ0v) is 13.3. The molecule has 124 valence electrons. The van der Waals surface area contributed by atoms with Crippen LogP contribution < -0.4 is 10.1 Å². The van der Waals surface area contributed by atoms with Gasteiger partial charge in [0, 0.05) is 17.2 Å². The maximum absolute atomic E-state index is 12.2. The molecular weight excluding hydrogens is 298 g/mol. The first kappa shape index (κ1) is 17.0. The van der Waals surface area contributed by atoms with Gasteiger partial charge in [0.25, 0.3) is 0 Å². The zero-order valence-electron chi connectivity index (χ0n) is 13.3. The lowest BCUT2D eigenvalue weighted by molar-refractivity contribution is -0.141. The number of carboxylic acid groups (broad SMARTS) is 1. The van der Waals surface area contributed by atoms with Gasteiger partial charge in [0.05, 0.1) is 19.4 Å². The lowest BCUT2D eigenvalue weighted by Gasteiger charge is -2.14. The summed E-state index contributed by atoms with van der Waals surface area (Å²) in [5.41, 5.74) is 1.17. The topological polar surface area (TPSA) is 92.7 Å². The molecule has 6 heteroatoms. The Hall–Kier alpha value is -2.37. The highest BCUT2D eigenvalue weighted by atomic mass is 16.5. The molecule has 1 aliphatic rings. The molecule has 0 spiro atoms. The molecule has 0 saturated heterocycles. The smallest absolute Gasteiger partial charge is 0.306 e. The number of rotatable bonds is 6. The van der Waals surface area contributed by atoms with Crippen molar-refractivity contribution < 1.29 is 24.2 Å². The third kappa shape index (κ3) is 4.31. The fourth-order valence-electron chi connectivity index (χ4n) is 2.92. The quantitative estimate of drug-likeness (QED) is 0.780. The number of carboxylic acids is 1. The second-order valence-corrected chi connectivity index (χ2v) is 5.87. The summed E-state index contributed by atoms with van der Waals surface area (Å²) in [6.45, 7) is 1.47. The molecule has 1 fully saturated rings. The predicted molar refractivity (Wildman–Crippen MR) is 83.6 cm³/mol. The van der Waals surface area contributed by atoms with E-state index in [-0.39, 0.29) is 30.1 Å². The van der Waals surface area contributed by atoms with Crippen molar-refractivity contribution in [1.29, 1.82) is 0 Å². The number of methoxy groups -OCH3 is 1. The van der Waals surface area contributed by atoms with Gasteiger partial charge < -0.3 is 15.2 Å². The fraction of sp³-hybridized carbons (Fsp3) is 0.471. The van der Waals surface area contributed by atoms with Crippen LogP contribution in [0.4, 0.5) is 0 Å². The highest BCUT2D eigenvalue weighted by molar-refractivity contribution is 5.94. The maximum atomic E-state index is 12.2. The number of benzene rings is 1. The van der Waals surface area contributed by atoms with Crippen LogP contribution in [-0.2, 0) is 16.0 Å². The molecule has 6 nitrogen and oxygen atoms in total. The number of ketones is 1. The second-order valence-electron chi connectivity index (χ2n) is 5.87. The Labute approximate surface area is 134 Å². The minimum absolute atomic E-state index is 0.0746. The summed E-state index contributed by atoms with van der Waals surface area (Å²) in [6.07, 6.45) is 1.82. The molecule has 0 aromatic heterocycles. The van der Waals surface area contributed by atoms with Crippen molar-refractivity contribution in [3.63, 3.8) is 0 Å². The molecule has 2 atom stereocenters. The molecule has 1 aliphatic carbocycles. The van der Waals surface area contributed by atoms with Gasteiger partial charge in [-0.1, -0.05) is 0 Å². The number of nitrogens with one attached hydrogen (secondary N) is 1. The first-order chi connectivity index (χ1) is 10.9. The highest BCUT2D eigenvalue weighted by Gasteiger charge is 2.30. The Bertz CT molecular complexity index is 625. The minimum atomic E-state index is -0.808. The third-order valence-corrected chi connectivity index (χ3v) is 4.18. The first-order valence-electron chi connectivity index (χ1n) is 7.60. The lowest BCUT2D eigenvalue weighted by atomic mass is 10.0. The summed E-state index contributed by atoms with van der Waals surface area (Å²) < 4.78 is 5.23. The van der Waals surface area contributed by atoms with E-state index in [4.69, 9.17) is 9.84 Å². The summed E-state index contributed by atoms with van der Waals surface area (Å²) in [5.74, 6) is -0.900.